The molecular formula is C23H30N6. The molecule has 2 heterocycles. The Kier molecular flexibility index (Phi) is 5.98. The second kappa shape index (κ2) is 8.99. The van der Waals surface area contributed by atoms with Crippen LogP contribution in [0.1, 0.15) is 18.7 Å². The van der Waals surface area contributed by atoms with Crippen LogP contribution < -0.4 is 15.5 Å². The van der Waals surface area contributed by atoms with Gasteiger partial charge in [-0.15, -0.1) is 0 Å². The number of imidazole rings is 1. The highest BCUT2D eigenvalue weighted by Gasteiger charge is 2.23. The summed E-state index contributed by atoms with van der Waals surface area (Å²) in [5.41, 5.74) is 3.57. The summed E-state index contributed by atoms with van der Waals surface area (Å²) in [5.74, 6) is 1.96. The third kappa shape index (κ3) is 4.53. The standard InChI is InChI=1S/C23H30N6/c1-18-26-21-11-6-7-12-22(21)29(18)15-8-14-25-23(24-2)27-19-13-16-28(17-19)20-9-4-3-5-10-20/h3-7,9-12,19H,8,13-17H2,1-2H3,(H2,24,25,27). The summed E-state index contributed by atoms with van der Waals surface area (Å²) < 4.78 is 2.29. The first kappa shape index (κ1) is 19.3. The number of fused-ring (bicyclic) bond motifs is 1. The number of aryl methyl sites for hydroxylation is 2. The lowest BCUT2D eigenvalue weighted by Gasteiger charge is -2.20. The first-order valence-electron chi connectivity index (χ1n) is 10.4. The molecule has 1 unspecified atom stereocenters. The lowest BCUT2D eigenvalue weighted by atomic mass is 10.2. The molecule has 1 atom stereocenters. The van der Waals surface area contributed by atoms with E-state index in [9.17, 15) is 0 Å². The van der Waals surface area contributed by atoms with E-state index < -0.39 is 0 Å². The van der Waals surface area contributed by atoms with Gasteiger partial charge in [0, 0.05) is 45.0 Å². The van der Waals surface area contributed by atoms with Crippen molar-refractivity contribution in [1.82, 2.24) is 20.2 Å². The van der Waals surface area contributed by atoms with Gasteiger partial charge in [-0.3, -0.25) is 4.99 Å². The van der Waals surface area contributed by atoms with E-state index in [1.807, 2.05) is 13.1 Å². The van der Waals surface area contributed by atoms with Crippen molar-refractivity contribution in [1.29, 1.82) is 0 Å². The molecule has 3 aromatic rings. The minimum atomic E-state index is 0.418. The number of benzene rings is 2. The van der Waals surface area contributed by atoms with Gasteiger partial charge in [0.25, 0.3) is 0 Å². The van der Waals surface area contributed by atoms with Gasteiger partial charge in [0.15, 0.2) is 5.96 Å². The third-order valence-corrected chi connectivity index (χ3v) is 5.57. The highest BCUT2D eigenvalue weighted by atomic mass is 15.2. The second-order valence-electron chi connectivity index (χ2n) is 7.56. The number of nitrogens with one attached hydrogen (secondary N) is 2. The first-order valence-corrected chi connectivity index (χ1v) is 10.4. The Balaban J connectivity index is 1.24. The summed E-state index contributed by atoms with van der Waals surface area (Å²) in [6, 6.07) is 19.4. The molecule has 1 aromatic heterocycles. The number of hydrogen-bond acceptors (Lipinski definition) is 3. The molecule has 0 bridgehead atoms. The number of hydrogen-bond donors (Lipinski definition) is 2. The highest BCUT2D eigenvalue weighted by Crippen LogP contribution is 2.19. The number of rotatable bonds is 6. The Bertz CT molecular complexity index is 962. The van der Waals surface area contributed by atoms with Crippen LogP contribution in [0.25, 0.3) is 11.0 Å². The van der Waals surface area contributed by atoms with Gasteiger partial charge < -0.3 is 20.1 Å². The van der Waals surface area contributed by atoms with Crippen LogP contribution in [0.4, 0.5) is 5.69 Å². The number of aliphatic imine (C=N–C) groups is 1. The van der Waals surface area contributed by atoms with Gasteiger partial charge >= 0.3 is 0 Å². The molecule has 1 fully saturated rings. The van der Waals surface area contributed by atoms with Gasteiger partial charge in [0.05, 0.1) is 11.0 Å². The molecule has 1 aliphatic heterocycles. The fourth-order valence-electron chi connectivity index (χ4n) is 4.06. The topological polar surface area (TPSA) is 57.5 Å². The molecule has 1 aliphatic rings. The summed E-state index contributed by atoms with van der Waals surface area (Å²) in [6.45, 7) is 5.98. The summed E-state index contributed by atoms with van der Waals surface area (Å²) in [4.78, 5) is 11.5. The van der Waals surface area contributed by atoms with Crippen molar-refractivity contribution < 1.29 is 0 Å². The predicted octanol–water partition coefficient (Wildman–Crippen LogP) is 3.18. The van der Waals surface area contributed by atoms with E-state index in [0.717, 1.165) is 56.3 Å². The van der Waals surface area contributed by atoms with Crippen molar-refractivity contribution in [2.24, 2.45) is 4.99 Å². The normalized spacial score (nSPS) is 17.1. The number of aromatic nitrogens is 2. The molecule has 152 valence electrons. The Morgan fingerprint density at radius 2 is 1.93 bits per heavy atom. The first-order chi connectivity index (χ1) is 14.2. The van der Waals surface area contributed by atoms with Crippen LogP contribution in [-0.2, 0) is 6.54 Å². The largest absolute Gasteiger partial charge is 0.369 e. The molecule has 29 heavy (non-hydrogen) atoms. The number of guanidine groups is 1. The minimum absolute atomic E-state index is 0.418. The molecule has 4 rings (SSSR count). The maximum Gasteiger partial charge on any atom is 0.191 e. The van der Waals surface area contributed by atoms with E-state index in [0.29, 0.717) is 6.04 Å². The maximum absolute atomic E-state index is 4.65. The van der Waals surface area contributed by atoms with Crippen LogP contribution in [0, 0.1) is 6.92 Å². The smallest absolute Gasteiger partial charge is 0.191 e. The molecular weight excluding hydrogens is 360 g/mol. The highest BCUT2D eigenvalue weighted by molar-refractivity contribution is 5.80. The SMILES string of the molecule is CN=C(NCCCn1c(C)nc2ccccc21)NC1CCN(c2ccccc2)C1. The van der Waals surface area contributed by atoms with Gasteiger partial charge in [-0.05, 0) is 44.0 Å². The molecule has 0 spiro atoms. The number of para-hydroxylation sites is 3. The van der Waals surface area contributed by atoms with Crippen LogP contribution in [0.2, 0.25) is 0 Å². The van der Waals surface area contributed by atoms with Gasteiger partial charge in [-0.1, -0.05) is 30.3 Å². The van der Waals surface area contributed by atoms with Crippen molar-refractivity contribution in [3.8, 4) is 0 Å². The van der Waals surface area contributed by atoms with E-state index in [1.54, 1.807) is 0 Å². The lowest BCUT2D eigenvalue weighted by molar-refractivity contribution is 0.609. The molecule has 2 N–H and O–H groups in total. The summed E-state index contributed by atoms with van der Waals surface area (Å²) in [7, 11) is 1.84. The molecule has 0 aliphatic carbocycles. The van der Waals surface area contributed by atoms with Crippen LogP contribution in [0.5, 0.6) is 0 Å². The van der Waals surface area contributed by atoms with Crippen molar-refractivity contribution >= 4 is 22.7 Å². The quantitative estimate of drug-likeness (QED) is 0.386. The molecule has 0 saturated carbocycles. The molecule has 2 aromatic carbocycles. The van der Waals surface area contributed by atoms with Crippen molar-refractivity contribution in [2.45, 2.75) is 32.4 Å². The summed E-state index contributed by atoms with van der Waals surface area (Å²) in [6.07, 6.45) is 2.14. The van der Waals surface area contributed by atoms with E-state index in [4.69, 9.17) is 0 Å². The third-order valence-electron chi connectivity index (χ3n) is 5.57. The van der Waals surface area contributed by atoms with Crippen LogP contribution >= 0.6 is 0 Å². The van der Waals surface area contributed by atoms with Crippen molar-refractivity contribution in [3.63, 3.8) is 0 Å². The average Bonchev–Trinajstić information content (AvgIpc) is 3.35. The molecule has 0 amide bonds. The van der Waals surface area contributed by atoms with Gasteiger partial charge in [-0.2, -0.15) is 0 Å². The summed E-state index contributed by atoms with van der Waals surface area (Å²) >= 11 is 0. The zero-order chi connectivity index (χ0) is 20.1. The Hall–Kier alpha value is -3.02. The molecule has 6 heteroatoms. The molecule has 1 saturated heterocycles. The number of anilines is 1. The zero-order valence-corrected chi connectivity index (χ0v) is 17.3. The van der Waals surface area contributed by atoms with E-state index in [2.05, 4.69) is 85.5 Å². The Morgan fingerprint density at radius 3 is 2.76 bits per heavy atom. The van der Waals surface area contributed by atoms with Crippen LogP contribution in [0.15, 0.2) is 59.6 Å². The van der Waals surface area contributed by atoms with Crippen molar-refractivity contribution in [2.75, 3.05) is 31.6 Å². The van der Waals surface area contributed by atoms with Crippen LogP contribution in [0.3, 0.4) is 0 Å². The Labute approximate surface area is 172 Å². The number of nitrogens with zero attached hydrogens (tertiary/aromatic N) is 4. The monoisotopic (exact) mass is 390 g/mol. The lowest BCUT2D eigenvalue weighted by Crippen LogP contribution is -2.45. The maximum atomic E-state index is 4.65. The molecule has 6 nitrogen and oxygen atoms in total. The minimum Gasteiger partial charge on any atom is -0.369 e. The van der Waals surface area contributed by atoms with Gasteiger partial charge in [-0.25, -0.2) is 4.98 Å². The van der Waals surface area contributed by atoms with E-state index >= 15 is 0 Å². The molecule has 0 radical (unpaired) electrons. The van der Waals surface area contributed by atoms with Crippen LogP contribution in [-0.4, -0.2) is 48.2 Å². The van der Waals surface area contributed by atoms with E-state index in [1.165, 1.54) is 11.2 Å². The summed E-state index contributed by atoms with van der Waals surface area (Å²) in [5, 5.41) is 7.05. The predicted molar refractivity (Wildman–Crippen MR) is 121 cm³/mol. The van der Waals surface area contributed by atoms with Gasteiger partial charge in [0.2, 0.25) is 0 Å². The Morgan fingerprint density at radius 1 is 1.14 bits per heavy atom. The van der Waals surface area contributed by atoms with Crippen molar-refractivity contribution in [3.05, 3.63) is 60.4 Å². The van der Waals surface area contributed by atoms with E-state index in [-0.39, 0.29) is 0 Å². The average molecular weight is 391 g/mol. The fourth-order valence-corrected chi connectivity index (χ4v) is 4.06. The van der Waals surface area contributed by atoms with Gasteiger partial charge in [0.1, 0.15) is 5.82 Å². The fraction of sp³-hybridized carbons (Fsp3) is 0.391. The second-order valence-corrected chi connectivity index (χ2v) is 7.56. The zero-order valence-electron chi connectivity index (χ0n) is 17.3.